The van der Waals surface area contributed by atoms with E-state index >= 15 is 0 Å². The van der Waals surface area contributed by atoms with Gasteiger partial charge in [-0.15, -0.1) is 22.7 Å². The van der Waals surface area contributed by atoms with E-state index in [1.165, 1.54) is 0 Å². The lowest BCUT2D eigenvalue weighted by molar-refractivity contribution is -0.122. The zero-order chi connectivity index (χ0) is 18.5. The highest BCUT2D eigenvalue weighted by atomic mass is 32.1. The average Bonchev–Trinajstić information content (AvgIpc) is 3.41. The predicted octanol–water partition coefficient (Wildman–Crippen LogP) is 3.23. The lowest BCUT2D eigenvalue weighted by atomic mass is 10.1. The number of benzene rings is 1. The van der Waals surface area contributed by atoms with E-state index < -0.39 is 0 Å². The zero-order valence-corrected chi connectivity index (χ0v) is 16.6. The van der Waals surface area contributed by atoms with Gasteiger partial charge < -0.3 is 10.2 Å². The molecular weight excluding hydrogens is 376 g/mol. The lowest BCUT2D eigenvalue weighted by Gasteiger charge is -2.34. The number of amides is 1. The van der Waals surface area contributed by atoms with Gasteiger partial charge in [-0.25, -0.2) is 4.98 Å². The van der Waals surface area contributed by atoms with Crippen LogP contribution in [0.15, 0.2) is 59.4 Å². The highest BCUT2D eigenvalue weighted by molar-refractivity contribution is 7.13. The van der Waals surface area contributed by atoms with E-state index in [1.807, 2.05) is 35.8 Å². The number of thiophene rings is 1. The van der Waals surface area contributed by atoms with Crippen molar-refractivity contribution >= 4 is 33.7 Å². The summed E-state index contributed by atoms with van der Waals surface area (Å²) in [5, 5.41) is 8.35. The largest absolute Gasteiger partial charge is 0.346 e. The number of hydrogen-bond donors (Lipinski definition) is 1. The highest BCUT2D eigenvalue weighted by Crippen LogP contribution is 2.26. The molecule has 5 nitrogen and oxygen atoms in total. The molecular formula is C20H22N4OS2. The number of carbonyl (C=O) groups excluding carboxylic acids is 1. The second-order valence-electron chi connectivity index (χ2n) is 6.50. The topological polar surface area (TPSA) is 48.5 Å². The first kappa shape index (κ1) is 18.2. The van der Waals surface area contributed by atoms with Gasteiger partial charge in [-0.2, -0.15) is 0 Å². The molecule has 1 N–H and O–H groups in total. The van der Waals surface area contributed by atoms with E-state index in [-0.39, 0.29) is 11.9 Å². The van der Waals surface area contributed by atoms with Crippen LogP contribution in [0.3, 0.4) is 0 Å². The molecule has 2 aromatic heterocycles. The van der Waals surface area contributed by atoms with Crippen LogP contribution in [-0.2, 0) is 4.79 Å². The molecule has 4 rings (SSSR count). The number of piperazine rings is 1. The maximum absolute atomic E-state index is 12.7. The van der Waals surface area contributed by atoms with Crippen molar-refractivity contribution in [3.05, 3.63) is 69.9 Å². The van der Waals surface area contributed by atoms with Crippen molar-refractivity contribution in [3.63, 3.8) is 0 Å². The number of rotatable bonds is 6. The van der Waals surface area contributed by atoms with Gasteiger partial charge in [-0.05, 0) is 17.0 Å². The first-order valence-electron chi connectivity index (χ1n) is 9.04. The summed E-state index contributed by atoms with van der Waals surface area (Å²) in [6.07, 6.45) is 1.84. The van der Waals surface area contributed by atoms with Crippen LogP contribution in [0.4, 0.5) is 5.13 Å². The zero-order valence-electron chi connectivity index (χ0n) is 15.0. The van der Waals surface area contributed by atoms with Crippen LogP contribution in [0.1, 0.15) is 16.5 Å². The van der Waals surface area contributed by atoms with Crippen molar-refractivity contribution in [3.8, 4) is 0 Å². The maximum Gasteiger partial charge on any atom is 0.234 e. The summed E-state index contributed by atoms with van der Waals surface area (Å²) >= 11 is 3.34. The molecule has 0 aliphatic carbocycles. The summed E-state index contributed by atoms with van der Waals surface area (Å²) in [6, 6.07) is 14.2. The number of aromatic nitrogens is 1. The van der Waals surface area contributed by atoms with E-state index in [0.29, 0.717) is 6.54 Å². The minimum atomic E-state index is -0.0877. The molecule has 0 spiro atoms. The fourth-order valence-corrected chi connectivity index (χ4v) is 4.80. The molecule has 3 aromatic rings. The van der Waals surface area contributed by atoms with E-state index in [4.69, 9.17) is 0 Å². The Morgan fingerprint density at radius 1 is 1.04 bits per heavy atom. The van der Waals surface area contributed by atoms with Gasteiger partial charge in [-0.1, -0.05) is 36.4 Å². The fraction of sp³-hybridized carbons (Fsp3) is 0.300. The van der Waals surface area contributed by atoms with Crippen LogP contribution in [-0.4, -0.2) is 48.5 Å². The Balaban J connectivity index is 1.35. The number of thiazole rings is 1. The molecule has 7 heteroatoms. The third-order valence-electron chi connectivity index (χ3n) is 4.70. The smallest absolute Gasteiger partial charge is 0.234 e. The van der Waals surface area contributed by atoms with Crippen LogP contribution in [0, 0.1) is 0 Å². The molecule has 1 atom stereocenters. The van der Waals surface area contributed by atoms with Crippen LogP contribution >= 0.6 is 22.7 Å². The van der Waals surface area contributed by atoms with Crippen LogP contribution < -0.4 is 10.2 Å². The normalized spacial score (nSPS) is 16.2. The summed E-state index contributed by atoms with van der Waals surface area (Å²) in [4.78, 5) is 22.8. The number of carbonyl (C=O) groups is 1. The first-order chi connectivity index (χ1) is 13.3. The minimum absolute atomic E-state index is 0.0694. The molecule has 1 aromatic carbocycles. The Morgan fingerprint density at radius 3 is 2.52 bits per heavy atom. The minimum Gasteiger partial charge on any atom is -0.346 e. The summed E-state index contributed by atoms with van der Waals surface area (Å²) in [5.74, 6) is 0.0694. The van der Waals surface area contributed by atoms with Crippen molar-refractivity contribution in [2.24, 2.45) is 0 Å². The third kappa shape index (κ3) is 4.55. The van der Waals surface area contributed by atoms with Crippen molar-refractivity contribution in [2.45, 2.75) is 6.04 Å². The Morgan fingerprint density at radius 2 is 1.85 bits per heavy atom. The molecule has 1 unspecified atom stereocenters. The summed E-state index contributed by atoms with van der Waals surface area (Å²) in [5.41, 5.74) is 1.11. The van der Waals surface area contributed by atoms with Gasteiger partial charge in [0.1, 0.15) is 0 Å². The summed E-state index contributed by atoms with van der Waals surface area (Å²) in [7, 11) is 0. The van der Waals surface area contributed by atoms with E-state index in [9.17, 15) is 4.79 Å². The van der Waals surface area contributed by atoms with Gasteiger partial charge in [0.05, 0.1) is 12.6 Å². The predicted molar refractivity (Wildman–Crippen MR) is 112 cm³/mol. The second kappa shape index (κ2) is 8.65. The summed E-state index contributed by atoms with van der Waals surface area (Å²) < 4.78 is 0. The quantitative estimate of drug-likeness (QED) is 0.693. The third-order valence-corrected chi connectivity index (χ3v) is 6.46. The van der Waals surface area contributed by atoms with Gasteiger partial charge in [0.15, 0.2) is 5.13 Å². The molecule has 0 saturated carbocycles. The molecule has 27 heavy (non-hydrogen) atoms. The van der Waals surface area contributed by atoms with Crippen molar-refractivity contribution in [1.82, 2.24) is 15.2 Å². The number of nitrogens with one attached hydrogen (secondary N) is 1. The van der Waals surface area contributed by atoms with Crippen LogP contribution in [0.25, 0.3) is 0 Å². The lowest BCUT2D eigenvalue weighted by Crippen LogP contribution is -2.49. The average molecular weight is 399 g/mol. The number of anilines is 1. The van der Waals surface area contributed by atoms with E-state index in [2.05, 4.69) is 43.7 Å². The standard InChI is InChI=1S/C20H22N4OS2/c25-18(15-23-9-11-24(12-10-23)20-21-8-14-27-20)22-19(17-7-4-13-26-17)16-5-2-1-3-6-16/h1-8,13-14,19H,9-12,15H2,(H,22,25). The molecule has 3 heterocycles. The molecule has 1 fully saturated rings. The number of hydrogen-bond acceptors (Lipinski definition) is 6. The Kier molecular flexibility index (Phi) is 5.81. The van der Waals surface area contributed by atoms with Gasteiger partial charge in [-0.3, -0.25) is 9.69 Å². The van der Waals surface area contributed by atoms with Crippen molar-refractivity contribution in [1.29, 1.82) is 0 Å². The molecule has 0 radical (unpaired) electrons. The Bertz CT molecular complexity index is 828. The van der Waals surface area contributed by atoms with Crippen molar-refractivity contribution in [2.75, 3.05) is 37.6 Å². The molecule has 1 aliphatic rings. The molecule has 1 aliphatic heterocycles. The first-order valence-corrected chi connectivity index (χ1v) is 10.8. The monoisotopic (exact) mass is 398 g/mol. The molecule has 1 amide bonds. The van der Waals surface area contributed by atoms with Gasteiger partial charge >= 0.3 is 0 Å². The van der Waals surface area contributed by atoms with Crippen LogP contribution in [0.5, 0.6) is 0 Å². The summed E-state index contributed by atoms with van der Waals surface area (Å²) in [6.45, 7) is 4.01. The maximum atomic E-state index is 12.7. The highest BCUT2D eigenvalue weighted by Gasteiger charge is 2.23. The fourth-order valence-electron chi connectivity index (χ4n) is 3.30. The molecule has 0 bridgehead atoms. The van der Waals surface area contributed by atoms with E-state index in [0.717, 1.165) is 41.8 Å². The SMILES string of the molecule is O=C(CN1CCN(c2nccs2)CC1)NC(c1ccccc1)c1cccs1. The van der Waals surface area contributed by atoms with E-state index in [1.54, 1.807) is 22.7 Å². The van der Waals surface area contributed by atoms with Gasteiger partial charge in [0.25, 0.3) is 0 Å². The molecule has 140 valence electrons. The van der Waals surface area contributed by atoms with Crippen LogP contribution in [0.2, 0.25) is 0 Å². The van der Waals surface area contributed by atoms with Gasteiger partial charge in [0.2, 0.25) is 5.91 Å². The molecule has 1 saturated heterocycles. The second-order valence-corrected chi connectivity index (χ2v) is 8.36. The van der Waals surface area contributed by atoms with Crippen molar-refractivity contribution < 1.29 is 4.79 Å². The number of nitrogens with zero attached hydrogens (tertiary/aromatic N) is 3. The van der Waals surface area contributed by atoms with Gasteiger partial charge in [0, 0.05) is 42.6 Å². The Labute approximate surface area is 167 Å². The Hall–Kier alpha value is -2.22.